The molecular weight excluding hydrogens is 885 g/mol. The van der Waals surface area contributed by atoms with Crippen LogP contribution in [0.5, 0.6) is 0 Å². The van der Waals surface area contributed by atoms with E-state index in [0.29, 0.717) is 17.6 Å². The summed E-state index contributed by atoms with van der Waals surface area (Å²) in [5.41, 5.74) is -13.2. The Kier molecular flexibility index (Phi) is 9.26. The standard InChI is InChI=1S/C28H40O9.C23H32O8/c1-9-12(2)21(31)36-28-17(23(28,5)6)16-20-25(35-20)11-34-24(7,8)37-22(25)27(33)15(10-13(3)18(27)29)26(16,32)14(4)19(28)30;1-9-7-11-21(26)10(2)15(25)23(28)13(18(23,3)4)12(21)16-20(30-16)8-29-19(5,6)31-17(20)22(11,27)14(9)24/h10,12,14-17,19-20,22,30,32-33H,9,11H2,1-8H3;7,10-13,15-17,25-28H,8H2,1-6H3/t12-,14+,15-,16+,17+,19+,20-,22+,25-,26-,27+,28+;10-,11+,12-,13-,15-,16+,17-,20+,21+,22-,23-/m01/s1. The normalized spacial score (nSPS) is 58.2. The lowest BCUT2D eigenvalue weighted by Crippen LogP contribution is -2.70. The maximum absolute atomic E-state index is 13.6. The van der Waals surface area contributed by atoms with Crippen molar-refractivity contribution < 1.29 is 83.3 Å². The van der Waals surface area contributed by atoms with Gasteiger partial charge in [0, 0.05) is 58.2 Å². The number of epoxide rings is 2. The number of ketones is 2. The predicted molar refractivity (Wildman–Crippen MR) is 234 cm³/mol. The second-order valence-electron chi connectivity index (χ2n) is 25.4. The third kappa shape index (κ3) is 4.97. The number of carbonyl (C=O) groups excluding carboxylic acids is 3. The first-order valence-corrected chi connectivity index (χ1v) is 24.8. The number of Topliss-reactive ketones (excluding diaryl/α,β-unsaturated/α-hetero) is 2. The molecule has 0 aromatic carbocycles. The number of aliphatic hydroxyl groups is 7. The Bertz CT molecular complexity index is 2380. The molecule has 7 N–H and O–H groups in total. The van der Waals surface area contributed by atoms with Crippen LogP contribution in [0.4, 0.5) is 0 Å². The molecule has 23 atom stereocenters. The highest BCUT2D eigenvalue weighted by Crippen LogP contribution is 2.81. The first kappa shape index (κ1) is 48.1. The number of carbonyl (C=O) groups is 3. The van der Waals surface area contributed by atoms with Gasteiger partial charge in [-0.25, -0.2) is 0 Å². The molecule has 0 aromatic rings. The van der Waals surface area contributed by atoms with Gasteiger partial charge in [-0.2, -0.15) is 0 Å². The van der Waals surface area contributed by atoms with E-state index in [2.05, 4.69) is 0 Å². The number of hydrogen-bond donors (Lipinski definition) is 7. The van der Waals surface area contributed by atoms with Crippen LogP contribution in [0.2, 0.25) is 0 Å². The van der Waals surface area contributed by atoms with E-state index in [1.165, 1.54) is 0 Å². The van der Waals surface area contributed by atoms with Gasteiger partial charge in [0.05, 0.1) is 54.7 Å². The highest BCUT2D eigenvalue weighted by atomic mass is 16.8. The summed E-state index contributed by atoms with van der Waals surface area (Å²) in [6.07, 6.45) is -1.92. The van der Waals surface area contributed by atoms with Crippen molar-refractivity contribution in [1.82, 2.24) is 0 Å². The minimum absolute atomic E-state index is 0.0764. The van der Waals surface area contributed by atoms with Gasteiger partial charge in [0.25, 0.3) is 0 Å². The number of fused-ring (bicyclic) bond motifs is 14. The van der Waals surface area contributed by atoms with Gasteiger partial charge in [0.15, 0.2) is 34.3 Å². The Morgan fingerprint density at radius 2 is 1.09 bits per heavy atom. The van der Waals surface area contributed by atoms with Gasteiger partial charge in [0.2, 0.25) is 0 Å². The summed E-state index contributed by atoms with van der Waals surface area (Å²) >= 11 is 0. The molecule has 4 heterocycles. The van der Waals surface area contributed by atoms with Gasteiger partial charge in [-0.15, -0.1) is 0 Å². The Labute approximate surface area is 396 Å². The van der Waals surface area contributed by atoms with E-state index in [4.69, 9.17) is 33.2 Å². The van der Waals surface area contributed by atoms with Gasteiger partial charge in [-0.3, -0.25) is 14.4 Å². The third-order valence-corrected chi connectivity index (χ3v) is 20.9. The van der Waals surface area contributed by atoms with Crippen LogP contribution in [-0.4, -0.2) is 160 Å². The smallest absolute Gasteiger partial charge is 0.309 e. The molecule has 378 valence electrons. The maximum atomic E-state index is 13.6. The molecule has 4 aliphatic heterocycles. The summed E-state index contributed by atoms with van der Waals surface area (Å²) in [4.78, 5) is 40.1. The Balaban J connectivity index is 0.000000151. The van der Waals surface area contributed by atoms with Gasteiger partial charge >= 0.3 is 5.97 Å². The molecule has 0 radical (unpaired) electrons. The highest BCUT2D eigenvalue weighted by Gasteiger charge is 2.94. The first-order valence-electron chi connectivity index (χ1n) is 24.8. The zero-order valence-electron chi connectivity index (χ0n) is 41.6. The molecule has 0 unspecified atom stereocenters. The molecule has 2 spiro atoms. The van der Waals surface area contributed by atoms with Crippen LogP contribution >= 0.6 is 0 Å². The van der Waals surface area contributed by atoms with Gasteiger partial charge in [-0.05, 0) is 59.1 Å². The second kappa shape index (κ2) is 13.1. The van der Waals surface area contributed by atoms with Crippen molar-refractivity contribution in [3.63, 3.8) is 0 Å². The quantitative estimate of drug-likeness (QED) is 0.156. The second-order valence-corrected chi connectivity index (χ2v) is 25.4. The van der Waals surface area contributed by atoms with Crippen molar-refractivity contribution in [3.8, 4) is 0 Å². The Hall–Kier alpha value is -2.23. The van der Waals surface area contributed by atoms with Crippen LogP contribution in [0.15, 0.2) is 23.3 Å². The maximum Gasteiger partial charge on any atom is 0.309 e. The zero-order valence-corrected chi connectivity index (χ0v) is 41.6. The minimum Gasteiger partial charge on any atom is -0.455 e. The lowest BCUT2D eigenvalue weighted by atomic mass is 9.58. The number of hydrogen-bond acceptors (Lipinski definition) is 17. The average Bonchev–Trinajstić information content (AvgIpc) is 4.23. The van der Waals surface area contributed by atoms with Crippen LogP contribution in [-0.2, 0) is 47.5 Å². The third-order valence-electron chi connectivity index (χ3n) is 20.9. The van der Waals surface area contributed by atoms with Crippen LogP contribution in [0.25, 0.3) is 0 Å². The van der Waals surface area contributed by atoms with Gasteiger partial charge < -0.3 is 68.9 Å². The molecule has 4 saturated heterocycles. The molecule has 12 rings (SSSR count). The molecule has 10 fully saturated rings. The van der Waals surface area contributed by atoms with Crippen molar-refractivity contribution in [3.05, 3.63) is 23.3 Å². The SMILES string of the molecule is CC1=C[C@@H]2[C@@](O)(C1=O)[C@@H]1OC(C)(C)OC[C@@]13O[C@H]3[C@H]1[C@@H]3C(C)(C)[C@]3(O)[C@H](O)[C@@H](C)[C@@]12O.CC[C@H](C)C(=O)O[C@@]12[C@H](O)[C@@H](C)[C@@]3(O)[C@H]([C@@H]1C2(C)C)[C@@H]1O[C@@]12COC(C)(C)O[C@H]2[C@]1(O)C(=O)C(C)=C[C@H]13. The average molecular weight is 957 g/mol. The summed E-state index contributed by atoms with van der Waals surface area (Å²) in [5.74, 6) is -9.82. The predicted octanol–water partition coefficient (Wildman–Crippen LogP) is 1.42. The van der Waals surface area contributed by atoms with Crippen LogP contribution < -0.4 is 0 Å². The van der Waals surface area contributed by atoms with Crippen LogP contribution in [0.1, 0.15) is 103 Å². The molecule has 0 amide bonds. The van der Waals surface area contributed by atoms with Gasteiger partial charge in [-0.1, -0.05) is 67.5 Å². The van der Waals surface area contributed by atoms with Crippen molar-refractivity contribution in [1.29, 1.82) is 0 Å². The summed E-state index contributed by atoms with van der Waals surface area (Å²) in [5, 5.41) is 84.0. The number of ether oxygens (including phenoxy) is 7. The molecule has 6 saturated carbocycles. The summed E-state index contributed by atoms with van der Waals surface area (Å²) in [6, 6.07) is 0. The van der Waals surface area contributed by atoms with Crippen LogP contribution in [0, 0.1) is 64.1 Å². The minimum atomic E-state index is -2.11. The molecule has 0 bridgehead atoms. The van der Waals surface area contributed by atoms with Crippen molar-refractivity contribution in [2.24, 2.45) is 64.1 Å². The van der Waals surface area contributed by atoms with Crippen molar-refractivity contribution in [2.45, 2.75) is 196 Å². The van der Waals surface area contributed by atoms with E-state index < -0.39 is 163 Å². The summed E-state index contributed by atoms with van der Waals surface area (Å²) < 4.78 is 43.1. The molecular formula is C51H72O17. The van der Waals surface area contributed by atoms with E-state index in [-0.39, 0.29) is 25.1 Å². The molecule has 68 heavy (non-hydrogen) atoms. The summed E-state index contributed by atoms with van der Waals surface area (Å²) in [6.45, 7) is 25.0. The van der Waals surface area contributed by atoms with E-state index >= 15 is 0 Å². The molecule has 17 heteroatoms. The van der Waals surface area contributed by atoms with Crippen molar-refractivity contribution in [2.75, 3.05) is 13.2 Å². The lowest BCUT2D eigenvalue weighted by Gasteiger charge is -2.54. The molecule has 0 aromatic heterocycles. The fourth-order valence-electron chi connectivity index (χ4n) is 16.7. The first-order chi connectivity index (χ1) is 31.1. The Morgan fingerprint density at radius 1 is 0.676 bits per heavy atom. The monoisotopic (exact) mass is 956 g/mol. The summed E-state index contributed by atoms with van der Waals surface area (Å²) in [7, 11) is 0. The highest BCUT2D eigenvalue weighted by molar-refractivity contribution is 6.06. The molecule has 12 aliphatic rings. The van der Waals surface area contributed by atoms with E-state index in [1.54, 1.807) is 74.5 Å². The van der Waals surface area contributed by atoms with Gasteiger partial charge in [0.1, 0.15) is 34.6 Å². The topological polar surface area (TPSA) is 264 Å². The van der Waals surface area contributed by atoms with Crippen LogP contribution in [0.3, 0.4) is 0 Å². The fraction of sp³-hybridized carbons (Fsp3) is 0.863. The lowest BCUT2D eigenvalue weighted by molar-refractivity contribution is -0.329. The Morgan fingerprint density at radius 3 is 1.51 bits per heavy atom. The largest absolute Gasteiger partial charge is 0.455 e. The molecule has 17 nitrogen and oxygen atoms in total. The number of rotatable bonds is 3. The van der Waals surface area contributed by atoms with E-state index in [1.807, 2.05) is 34.6 Å². The fourth-order valence-corrected chi connectivity index (χ4v) is 16.7. The van der Waals surface area contributed by atoms with E-state index in [0.717, 1.165) is 0 Å². The molecule has 8 aliphatic carbocycles. The zero-order chi connectivity index (χ0) is 50.0. The number of aliphatic hydroxyl groups excluding tert-OH is 2. The van der Waals surface area contributed by atoms with E-state index in [9.17, 15) is 50.1 Å². The van der Waals surface area contributed by atoms with Crippen molar-refractivity contribution >= 4 is 17.5 Å². The number of esters is 1.